The molecule has 0 spiro atoms. The van der Waals surface area contributed by atoms with Crippen LogP contribution in [0.5, 0.6) is 34.5 Å². The first-order chi connectivity index (χ1) is 29.6. The third-order valence-corrected chi connectivity index (χ3v) is 7.61. The van der Waals surface area contributed by atoms with Gasteiger partial charge in [-0.05, 0) is 130 Å². The van der Waals surface area contributed by atoms with E-state index in [0.717, 1.165) is 19.2 Å². The highest BCUT2D eigenvalue weighted by molar-refractivity contribution is 6.05. The zero-order valence-corrected chi connectivity index (χ0v) is 37.7. The summed E-state index contributed by atoms with van der Waals surface area (Å²) in [7, 11) is 2.36. The van der Waals surface area contributed by atoms with E-state index in [9.17, 15) is 33.1 Å². The number of rotatable bonds is 17. The number of nitrogens with one attached hydrogen (secondary N) is 1. The van der Waals surface area contributed by atoms with Crippen LogP contribution in [0.25, 0.3) is 0 Å². The Bertz CT molecular complexity index is 2110. The molecule has 4 aromatic carbocycles. The number of carbonyl (C=O) groups excluding carboxylic acids is 3. The topological polar surface area (TPSA) is 200 Å². The first kappa shape index (κ1) is 52.4. The van der Waals surface area contributed by atoms with Crippen molar-refractivity contribution in [2.24, 2.45) is 0 Å². The summed E-state index contributed by atoms with van der Waals surface area (Å²) >= 11 is 0. The number of methoxy groups -OCH3 is 2. The maximum Gasteiger partial charge on any atom is 0.340 e. The SMILES string of the molecule is CCOc1c(OC(C)C)cc(C(=O)Nc2ccc(C(=O)OC)c(F)c2)cc1OC(C)C.CCOc1c(OC(C)C)cc(C(=O)O)cc1OC(C)C.COC(=O)c1ccc(N)cc1F. The van der Waals surface area contributed by atoms with Gasteiger partial charge in [0.2, 0.25) is 11.5 Å². The molecule has 0 aromatic heterocycles. The summed E-state index contributed by atoms with van der Waals surface area (Å²) in [5.41, 5.74) is 5.77. The van der Waals surface area contributed by atoms with E-state index in [4.69, 9.17) is 34.2 Å². The van der Waals surface area contributed by atoms with Crippen molar-refractivity contribution in [2.45, 2.75) is 93.7 Å². The molecule has 63 heavy (non-hydrogen) atoms. The molecule has 4 N–H and O–H groups in total. The summed E-state index contributed by atoms with van der Waals surface area (Å²) in [5.74, 6) is -2.14. The lowest BCUT2D eigenvalue weighted by atomic mass is 10.1. The van der Waals surface area contributed by atoms with Crippen molar-refractivity contribution in [1.29, 1.82) is 0 Å². The number of nitrogen functional groups attached to an aromatic ring is 1. The van der Waals surface area contributed by atoms with Crippen molar-refractivity contribution in [3.63, 3.8) is 0 Å². The lowest BCUT2D eigenvalue weighted by molar-refractivity contribution is 0.0586. The number of nitrogens with two attached hydrogens (primary N) is 1. The second-order valence-corrected chi connectivity index (χ2v) is 14.3. The average molecular weight is 885 g/mol. The van der Waals surface area contributed by atoms with E-state index < -0.39 is 35.4 Å². The van der Waals surface area contributed by atoms with Crippen molar-refractivity contribution < 1.29 is 71.0 Å². The van der Waals surface area contributed by atoms with Crippen LogP contribution in [0.1, 0.15) is 111 Å². The average Bonchev–Trinajstić information content (AvgIpc) is 3.19. The summed E-state index contributed by atoms with van der Waals surface area (Å²) in [6.07, 6.45) is -0.510. The number of anilines is 2. The van der Waals surface area contributed by atoms with Crippen molar-refractivity contribution in [1.82, 2.24) is 0 Å². The van der Waals surface area contributed by atoms with Gasteiger partial charge in [-0.1, -0.05) is 0 Å². The number of hydrogen-bond donors (Lipinski definition) is 3. The molecule has 0 aliphatic carbocycles. The highest BCUT2D eigenvalue weighted by Crippen LogP contribution is 2.41. The molecule has 0 heterocycles. The highest BCUT2D eigenvalue weighted by Gasteiger charge is 2.22. The summed E-state index contributed by atoms with van der Waals surface area (Å²) in [6, 6.07) is 13.5. The molecule has 4 aromatic rings. The predicted molar refractivity (Wildman–Crippen MR) is 233 cm³/mol. The number of halogens is 2. The van der Waals surface area contributed by atoms with Gasteiger partial charge in [0.15, 0.2) is 23.0 Å². The monoisotopic (exact) mass is 884 g/mol. The Labute approximate surface area is 366 Å². The van der Waals surface area contributed by atoms with Gasteiger partial charge < -0.3 is 54.1 Å². The molecule has 17 heteroatoms. The van der Waals surface area contributed by atoms with Crippen molar-refractivity contribution in [2.75, 3.05) is 38.5 Å². The van der Waals surface area contributed by atoms with Gasteiger partial charge in [0.25, 0.3) is 5.91 Å². The molecule has 0 fully saturated rings. The van der Waals surface area contributed by atoms with Gasteiger partial charge in [-0.2, -0.15) is 0 Å². The lowest BCUT2D eigenvalue weighted by Crippen LogP contribution is -2.16. The second kappa shape index (κ2) is 25.2. The molecule has 4 rings (SSSR count). The fourth-order valence-corrected chi connectivity index (χ4v) is 5.23. The summed E-state index contributed by atoms with van der Waals surface area (Å²) in [4.78, 5) is 46.4. The van der Waals surface area contributed by atoms with E-state index in [1.165, 1.54) is 43.5 Å². The van der Waals surface area contributed by atoms with Gasteiger partial charge in [0, 0.05) is 16.9 Å². The van der Waals surface area contributed by atoms with Crippen LogP contribution in [0.3, 0.4) is 0 Å². The van der Waals surface area contributed by atoms with Crippen molar-refractivity contribution in [3.05, 3.63) is 94.6 Å². The quantitative estimate of drug-likeness (QED) is 0.0669. The van der Waals surface area contributed by atoms with Gasteiger partial charge >= 0.3 is 17.9 Å². The Hall–Kier alpha value is -6.78. The molecule has 0 aliphatic heterocycles. The van der Waals surface area contributed by atoms with Crippen LogP contribution in [0, 0.1) is 11.6 Å². The third-order valence-electron chi connectivity index (χ3n) is 7.61. The van der Waals surface area contributed by atoms with E-state index in [-0.39, 0.29) is 58.0 Å². The minimum absolute atomic E-state index is 0.0925. The van der Waals surface area contributed by atoms with E-state index in [0.29, 0.717) is 47.7 Å². The van der Waals surface area contributed by atoms with Crippen LogP contribution in [-0.4, -0.2) is 80.8 Å². The summed E-state index contributed by atoms with van der Waals surface area (Å²) in [5, 5.41) is 11.8. The number of hydrogen-bond acceptors (Lipinski definition) is 13. The molecule has 0 radical (unpaired) electrons. The summed E-state index contributed by atoms with van der Waals surface area (Å²) in [6.45, 7) is 19.4. The number of aromatic carboxylic acids is 1. The molecule has 0 saturated carbocycles. The van der Waals surface area contributed by atoms with Crippen molar-refractivity contribution >= 4 is 35.2 Å². The molecule has 344 valence electrons. The second-order valence-electron chi connectivity index (χ2n) is 14.3. The highest BCUT2D eigenvalue weighted by atomic mass is 19.1. The zero-order valence-electron chi connectivity index (χ0n) is 37.7. The Morgan fingerprint density at radius 2 is 0.952 bits per heavy atom. The Morgan fingerprint density at radius 1 is 0.587 bits per heavy atom. The molecule has 15 nitrogen and oxygen atoms in total. The number of esters is 2. The van der Waals surface area contributed by atoms with Crippen LogP contribution < -0.4 is 39.5 Å². The number of carboxylic acid groups (broad SMARTS) is 1. The fourth-order valence-electron chi connectivity index (χ4n) is 5.23. The number of carboxylic acids is 1. The Kier molecular flexibility index (Phi) is 21.0. The van der Waals surface area contributed by atoms with Crippen molar-refractivity contribution in [3.8, 4) is 34.5 Å². The first-order valence-corrected chi connectivity index (χ1v) is 20.0. The predicted octanol–water partition coefficient (Wildman–Crippen LogP) is 9.39. The van der Waals surface area contributed by atoms with Gasteiger partial charge in [0.05, 0.1) is 68.5 Å². The summed E-state index contributed by atoms with van der Waals surface area (Å²) < 4.78 is 70.2. The third kappa shape index (κ3) is 16.5. The largest absolute Gasteiger partial charge is 0.487 e. The van der Waals surface area contributed by atoms with Crippen LogP contribution in [0.2, 0.25) is 0 Å². The Morgan fingerprint density at radius 3 is 1.27 bits per heavy atom. The van der Waals surface area contributed by atoms with Crippen LogP contribution >= 0.6 is 0 Å². The van der Waals surface area contributed by atoms with E-state index in [1.807, 2.05) is 69.2 Å². The molecule has 0 saturated heterocycles. The Balaban J connectivity index is 0.000000363. The van der Waals surface area contributed by atoms with Gasteiger partial charge in [-0.25, -0.2) is 23.2 Å². The number of ether oxygens (including phenoxy) is 8. The molecule has 0 bridgehead atoms. The standard InChI is InChI=1S/C23H28FNO6.C15H22O5.C8H8FNO2/c1-7-29-21-19(30-13(2)3)10-15(11-20(21)31-14(4)5)22(26)25-16-8-9-17(18(24)12-16)23(27)28-6;1-6-18-14-12(19-9(2)3)7-11(15(16)17)8-13(14)20-10(4)5;1-12-8(11)6-3-2-5(10)4-7(6)9/h8-14H,7H2,1-6H3,(H,25,26);7-10H,6H2,1-5H3,(H,16,17);2-4H,10H2,1H3. The van der Waals surface area contributed by atoms with E-state index in [1.54, 1.807) is 12.1 Å². The van der Waals surface area contributed by atoms with Gasteiger partial charge in [0.1, 0.15) is 11.6 Å². The minimum atomic E-state index is -1.03. The molecule has 0 aliphatic rings. The van der Waals surface area contributed by atoms with Gasteiger partial charge in [-0.15, -0.1) is 0 Å². The zero-order chi connectivity index (χ0) is 47.6. The normalized spacial score (nSPS) is 10.5. The van der Waals surface area contributed by atoms with E-state index >= 15 is 0 Å². The molecule has 1 amide bonds. The number of benzene rings is 4. The van der Waals surface area contributed by atoms with Gasteiger partial charge in [-0.3, -0.25) is 4.79 Å². The number of amides is 1. The molecular weight excluding hydrogens is 827 g/mol. The molecular formula is C46H58F2N2O13. The molecule has 0 atom stereocenters. The maximum absolute atomic E-state index is 14.2. The fraction of sp³-hybridized carbons (Fsp3) is 0.391. The van der Waals surface area contributed by atoms with Crippen LogP contribution in [-0.2, 0) is 9.47 Å². The smallest absolute Gasteiger partial charge is 0.340 e. The first-order valence-electron chi connectivity index (χ1n) is 20.0. The number of carbonyl (C=O) groups is 4. The van der Waals surface area contributed by atoms with Crippen LogP contribution in [0.4, 0.5) is 20.2 Å². The lowest BCUT2D eigenvalue weighted by Gasteiger charge is -2.20. The maximum atomic E-state index is 14.2. The van der Waals surface area contributed by atoms with E-state index in [2.05, 4.69) is 14.8 Å². The minimum Gasteiger partial charge on any atom is -0.487 e. The van der Waals surface area contributed by atoms with Crippen LogP contribution in [0.15, 0.2) is 60.7 Å². The molecule has 0 unspecified atom stereocenters.